The number of carbonyl (C=O) groups excluding carboxylic acids is 2. The number of rotatable bonds is 7. The molecule has 2 aromatic rings. The Morgan fingerprint density at radius 2 is 2.07 bits per heavy atom. The van der Waals surface area contributed by atoms with Gasteiger partial charge in [-0.15, -0.1) is 11.3 Å². The summed E-state index contributed by atoms with van der Waals surface area (Å²) < 4.78 is 5.05. The van der Waals surface area contributed by atoms with E-state index in [2.05, 4.69) is 5.32 Å². The molecule has 0 bridgehead atoms. The van der Waals surface area contributed by atoms with Crippen LogP contribution in [0.3, 0.4) is 0 Å². The summed E-state index contributed by atoms with van der Waals surface area (Å²) >= 11 is 1.59. The maximum absolute atomic E-state index is 12.9. The fourth-order valence-corrected chi connectivity index (χ4v) is 4.40. The molecule has 6 heteroatoms. The number of carbonyl (C=O) groups is 2. The van der Waals surface area contributed by atoms with Crippen LogP contribution in [0.25, 0.3) is 0 Å². The minimum atomic E-state index is -0.267. The Hall–Kier alpha value is -2.18. The Bertz CT molecular complexity index is 758. The lowest BCUT2D eigenvalue weighted by Crippen LogP contribution is -2.48. The van der Waals surface area contributed by atoms with Crippen molar-refractivity contribution in [1.29, 1.82) is 0 Å². The number of thiophene rings is 1. The van der Waals surface area contributed by atoms with Gasteiger partial charge in [-0.3, -0.25) is 9.59 Å². The van der Waals surface area contributed by atoms with Crippen LogP contribution in [0, 0.1) is 12.8 Å². The number of piperidine rings is 1. The molecule has 3 rings (SSSR count). The van der Waals surface area contributed by atoms with Crippen LogP contribution in [0.1, 0.15) is 35.7 Å². The molecule has 2 heterocycles. The highest BCUT2D eigenvalue weighted by Gasteiger charge is 2.41. The van der Waals surface area contributed by atoms with Crippen LogP contribution in [0.2, 0.25) is 0 Å². The van der Waals surface area contributed by atoms with Crippen molar-refractivity contribution >= 4 is 28.8 Å². The fraction of sp³-hybridized carbons (Fsp3) is 0.429. The quantitative estimate of drug-likeness (QED) is 0.738. The smallest absolute Gasteiger partial charge is 0.227 e. The second-order valence-corrected chi connectivity index (χ2v) is 7.82. The van der Waals surface area contributed by atoms with E-state index in [1.807, 2.05) is 53.6 Å². The second kappa shape index (κ2) is 9.15. The van der Waals surface area contributed by atoms with Crippen molar-refractivity contribution in [1.82, 2.24) is 5.32 Å². The highest BCUT2D eigenvalue weighted by Crippen LogP contribution is 2.41. The van der Waals surface area contributed by atoms with E-state index in [1.165, 1.54) is 0 Å². The summed E-state index contributed by atoms with van der Waals surface area (Å²) in [7, 11) is 1.65. The first kappa shape index (κ1) is 19.6. The lowest BCUT2D eigenvalue weighted by molar-refractivity contribution is -0.129. The summed E-state index contributed by atoms with van der Waals surface area (Å²) in [6.45, 7) is 3.22. The summed E-state index contributed by atoms with van der Waals surface area (Å²) in [6, 6.07) is 11.7. The van der Waals surface area contributed by atoms with Gasteiger partial charge in [0.25, 0.3) is 0 Å². The fourth-order valence-electron chi connectivity index (χ4n) is 3.52. The molecular weight excluding hydrogens is 360 g/mol. The van der Waals surface area contributed by atoms with Gasteiger partial charge in [0.1, 0.15) is 0 Å². The lowest BCUT2D eigenvalue weighted by atomic mass is 9.86. The summed E-state index contributed by atoms with van der Waals surface area (Å²) in [6.07, 6.45) is 1.73. The number of aryl methyl sites for hydroxylation is 1. The second-order valence-electron chi connectivity index (χ2n) is 6.84. The number of nitrogens with zero attached hydrogens (tertiary/aromatic N) is 1. The van der Waals surface area contributed by atoms with E-state index in [4.69, 9.17) is 4.74 Å². The van der Waals surface area contributed by atoms with Crippen LogP contribution in [-0.2, 0) is 14.3 Å². The van der Waals surface area contributed by atoms with E-state index >= 15 is 0 Å². The van der Waals surface area contributed by atoms with E-state index < -0.39 is 0 Å². The molecule has 1 N–H and O–H groups in total. The average Bonchev–Trinajstić information content (AvgIpc) is 3.20. The first-order valence-corrected chi connectivity index (χ1v) is 10.2. The third-order valence-electron chi connectivity index (χ3n) is 4.91. The summed E-state index contributed by atoms with van der Waals surface area (Å²) in [5, 5.41) is 5.02. The van der Waals surface area contributed by atoms with Crippen molar-refractivity contribution in [3.8, 4) is 0 Å². The van der Waals surface area contributed by atoms with Crippen molar-refractivity contribution in [2.75, 3.05) is 25.2 Å². The Labute approximate surface area is 164 Å². The van der Waals surface area contributed by atoms with Gasteiger partial charge in [-0.1, -0.05) is 23.8 Å². The van der Waals surface area contributed by atoms with E-state index in [0.29, 0.717) is 26.0 Å². The molecular formula is C21H26N2O3S. The molecule has 144 valence electrons. The zero-order valence-corrected chi connectivity index (χ0v) is 16.6. The molecule has 0 aliphatic carbocycles. The van der Waals surface area contributed by atoms with E-state index in [9.17, 15) is 9.59 Å². The Morgan fingerprint density at radius 1 is 1.30 bits per heavy atom. The molecule has 27 heavy (non-hydrogen) atoms. The zero-order chi connectivity index (χ0) is 19.2. The number of benzene rings is 1. The normalized spacial score (nSPS) is 19.9. The first-order valence-electron chi connectivity index (χ1n) is 9.30. The van der Waals surface area contributed by atoms with Gasteiger partial charge < -0.3 is 15.0 Å². The Morgan fingerprint density at radius 3 is 2.74 bits per heavy atom. The maximum atomic E-state index is 12.9. The number of anilines is 1. The molecule has 2 unspecified atom stereocenters. The molecule has 1 saturated heterocycles. The third kappa shape index (κ3) is 4.57. The number of amides is 2. The molecule has 2 atom stereocenters. The average molecular weight is 387 g/mol. The monoisotopic (exact) mass is 386 g/mol. The third-order valence-corrected chi connectivity index (χ3v) is 5.85. The van der Waals surface area contributed by atoms with Crippen molar-refractivity contribution in [3.63, 3.8) is 0 Å². The van der Waals surface area contributed by atoms with Gasteiger partial charge in [0.05, 0.1) is 12.0 Å². The van der Waals surface area contributed by atoms with Gasteiger partial charge in [0.15, 0.2) is 0 Å². The van der Waals surface area contributed by atoms with Gasteiger partial charge in [0, 0.05) is 37.2 Å². The highest BCUT2D eigenvalue weighted by atomic mass is 32.1. The van der Waals surface area contributed by atoms with Crippen LogP contribution < -0.4 is 10.2 Å². The predicted octanol–water partition coefficient (Wildman–Crippen LogP) is 3.69. The first-order chi connectivity index (χ1) is 13.1. The zero-order valence-electron chi connectivity index (χ0n) is 15.8. The van der Waals surface area contributed by atoms with Gasteiger partial charge in [0.2, 0.25) is 11.8 Å². The summed E-state index contributed by atoms with van der Waals surface area (Å²) in [5.74, 6) is -0.181. The number of ether oxygens (including phenoxy) is 1. The topological polar surface area (TPSA) is 58.6 Å². The molecule has 1 aromatic heterocycles. The van der Waals surface area contributed by atoms with E-state index in [1.54, 1.807) is 18.4 Å². The Balaban J connectivity index is 1.88. The largest absolute Gasteiger partial charge is 0.385 e. The lowest BCUT2D eigenvalue weighted by Gasteiger charge is -2.40. The summed E-state index contributed by atoms with van der Waals surface area (Å²) in [4.78, 5) is 28.6. The number of methoxy groups -OCH3 is 1. The molecule has 2 amide bonds. The molecule has 1 aliphatic rings. The molecule has 1 aromatic carbocycles. The number of nitrogens with one attached hydrogen (secondary N) is 1. The maximum Gasteiger partial charge on any atom is 0.227 e. The Kier molecular flexibility index (Phi) is 6.63. The van der Waals surface area contributed by atoms with Crippen molar-refractivity contribution in [2.24, 2.45) is 5.92 Å². The molecule has 1 aliphatic heterocycles. The van der Waals surface area contributed by atoms with Gasteiger partial charge >= 0.3 is 0 Å². The number of hydrogen-bond donors (Lipinski definition) is 1. The molecule has 0 saturated carbocycles. The van der Waals surface area contributed by atoms with E-state index in [-0.39, 0.29) is 23.8 Å². The van der Waals surface area contributed by atoms with Crippen molar-refractivity contribution in [3.05, 3.63) is 52.2 Å². The molecule has 5 nitrogen and oxygen atoms in total. The molecule has 0 radical (unpaired) electrons. The highest BCUT2D eigenvalue weighted by molar-refractivity contribution is 7.10. The van der Waals surface area contributed by atoms with Crippen LogP contribution in [-0.4, -0.2) is 32.1 Å². The standard InChI is InChI=1S/C21H26N2O3S/c1-15-6-8-16(9-7-15)23-19(24)11-10-17(20(23)18-5-3-14-27-18)21(25)22-12-4-13-26-2/h3,5-9,14,17,20H,4,10-13H2,1-2H3,(H,22,25). The van der Waals surface area contributed by atoms with Gasteiger partial charge in [-0.05, 0) is 43.3 Å². The van der Waals surface area contributed by atoms with Crippen molar-refractivity contribution in [2.45, 2.75) is 32.2 Å². The van der Waals surface area contributed by atoms with Crippen LogP contribution in [0.15, 0.2) is 41.8 Å². The number of hydrogen-bond acceptors (Lipinski definition) is 4. The van der Waals surface area contributed by atoms with Gasteiger partial charge in [-0.25, -0.2) is 0 Å². The summed E-state index contributed by atoms with van der Waals surface area (Å²) in [5.41, 5.74) is 1.99. The predicted molar refractivity (Wildman–Crippen MR) is 108 cm³/mol. The molecule has 0 spiro atoms. The van der Waals surface area contributed by atoms with Crippen molar-refractivity contribution < 1.29 is 14.3 Å². The van der Waals surface area contributed by atoms with Gasteiger partial charge in [-0.2, -0.15) is 0 Å². The van der Waals surface area contributed by atoms with Crippen LogP contribution in [0.5, 0.6) is 0 Å². The van der Waals surface area contributed by atoms with E-state index in [0.717, 1.165) is 22.5 Å². The SMILES string of the molecule is COCCCNC(=O)C1CCC(=O)N(c2ccc(C)cc2)C1c1cccs1. The van der Waals surface area contributed by atoms with Crippen LogP contribution >= 0.6 is 11.3 Å². The van der Waals surface area contributed by atoms with Crippen LogP contribution in [0.4, 0.5) is 5.69 Å². The molecule has 1 fully saturated rings. The minimum Gasteiger partial charge on any atom is -0.385 e. The minimum absolute atomic E-state index is 0.00844.